The molecule has 1 aliphatic rings. The molecule has 0 aromatic rings. The molecule has 0 radical (unpaired) electrons. The van der Waals surface area contributed by atoms with Crippen LogP contribution in [0.25, 0.3) is 0 Å². The maximum Gasteiger partial charge on any atom is 0.317 e. The van der Waals surface area contributed by atoms with Crippen LogP contribution in [0.15, 0.2) is 0 Å². The fraction of sp³-hybridized carbons (Fsp3) is 0.818. The number of rotatable bonds is 5. The molecule has 0 spiro atoms. The minimum absolute atomic E-state index is 0.0557. The zero-order valence-corrected chi connectivity index (χ0v) is 10.2. The van der Waals surface area contributed by atoms with Gasteiger partial charge >= 0.3 is 5.97 Å². The molecule has 0 atom stereocenters. The molecule has 17 heavy (non-hydrogen) atoms. The first-order chi connectivity index (χ1) is 8.13. The average molecular weight is 244 g/mol. The Hall–Kier alpha value is -1.14. The number of carbonyl (C=O) groups is 2. The molecule has 1 N–H and O–H groups in total. The van der Waals surface area contributed by atoms with Gasteiger partial charge in [-0.1, -0.05) is 0 Å². The van der Waals surface area contributed by atoms with Crippen LogP contribution in [0.4, 0.5) is 0 Å². The van der Waals surface area contributed by atoms with Crippen LogP contribution in [0.5, 0.6) is 0 Å². The number of carboxylic acid groups (broad SMARTS) is 1. The van der Waals surface area contributed by atoms with Crippen molar-refractivity contribution in [3.05, 3.63) is 0 Å². The summed E-state index contributed by atoms with van der Waals surface area (Å²) in [7, 11) is 1.57. The number of hydrogen-bond acceptors (Lipinski definition) is 4. The third-order valence-electron chi connectivity index (χ3n) is 2.82. The van der Waals surface area contributed by atoms with Crippen molar-refractivity contribution in [3.8, 4) is 0 Å². The van der Waals surface area contributed by atoms with E-state index in [2.05, 4.69) is 0 Å². The van der Waals surface area contributed by atoms with Crippen molar-refractivity contribution in [1.82, 2.24) is 9.80 Å². The van der Waals surface area contributed by atoms with Crippen LogP contribution in [-0.4, -0.2) is 73.2 Å². The van der Waals surface area contributed by atoms with Crippen molar-refractivity contribution < 1.29 is 19.4 Å². The third kappa shape index (κ3) is 5.14. The zero-order chi connectivity index (χ0) is 12.7. The number of methoxy groups -OCH3 is 1. The Morgan fingerprint density at radius 1 is 1.24 bits per heavy atom. The molecule has 0 aromatic carbocycles. The van der Waals surface area contributed by atoms with Gasteiger partial charge in [0, 0.05) is 33.3 Å². The fourth-order valence-corrected chi connectivity index (χ4v) is 1.92. The largest absolute Gasteiger partial charge is 0.480 e. The standard InChI is InChI=1S/C11H20N2O4/c1-17-8-3-10(14)13-5-2-4-12(6-7-13)9-11(15)16/h2-9H2,1H3,(H,15,16). The third-order valence-corrected chi connectivity index (χ3v) is 2.82. The maximum absolute atomic E-state index is 11.7. The van der Waals surface area contributed by atoms with E-state index in [1.54, 1.807) is 12.0 Å². The highest BCUT2D eigenvalue weighted by molar-refractivity contribution is 5.76. The number of ether oxygens (including phenoxy) is 1. The first-order valence-corrected chi connectivity index (χ1v) is 5.84. The molecule has 6 heteroatoms. The van der Waals surface area contributed by atoms with E-state index in [9.17, 15) is 9.59 Å². The first kappa shape index (κ1) is 13.9. The predicted octanol–water partition coefficient (Wildman–Crippen LogP) is -0.358. The highest BCUT2D eigenvalue weighted by Gasteiger charge is 2.19. The smallest absolute Gasteiger partial charge is 0.317 e. The molecule has 1 rings (SSSR count). The highest BCUT2D eigenvalue weighted by Crippen LogP contribution is 2.04. The van der Waals surface area contributed by atoms with Gasteiger partial charge < -0.3 is 14.7 Å². The molecule has 0 aliphatic carbocycles. The van der Waals surface area contributed by atoms with Crippen LogP contribution in [0.2, 0.25) is 0 Å². The highest BCUT2D eigenvalue weighted by atomic mass is 16.5. The van der Waals surface area contributed by atoms with E-state index in [1.165, 1.54) is 0 Å². The van der Waals surface area contributed by atoms with Crippen molar-refractivity contribution >= 4 is 11.9 Å². The van der Waals surface area contributed by atoms with E-state index in [4.69, 9.17) is 9.84 Å². The Balaban J connectivity index is 2.36. The molecular formula is C11H20N2O4. The number of nitrogens with zero attached hydrogens (tertiary/aromatic N) is 2. The second-order valence-electron chi connectivity index (χ2n) is 4.15. The van der Waals surface area contributed by atoms with Crippen LogP contribution < -0.4 is 0 Å². The van der Waals surface area contributed by atoms with Crippen LogP contribution in [-0.2, 0) is 14.3 Å². The number of aliphatic carboxylic acids is 1. The molecule has 1 heterocycles. The van der Waals surface area contributed by atoms with Gasteiger partial charge in [0.1, 0.15) is 0 Å². The molecule has 0 aromatic heterocycles. The van der Waals surface area contributed by atoms with E-state index in [1.807, 2.05) is 4.90 Å². The summed E-state index contributed by atoms with van der Waals surface area (Å²) in [5.74, 6) is -0.729. The predicted molar refractivity (Wildman–Crippen MR) is 61.8 cm³/mol. The SMILES string of the molecule is COCCC(=O)N1CCCN(CC(=O)O)CC1. The molecule has 6 nitrogen and oxygen atoms in total. The van der Waals surface area contributed by atoms with Crippen LogP contribution in [0.3, 0.4) is 0 Å². The second-order valence-corrected chi connectivity index (χ2v) is 4.15. The summed E-state index contributed by atoms with van der Waals surface area (Å²) in [6.07, 6.45) is 1.22. The lowest BCUT2D eigenvalue weighted by Gasteiger charge is -2.21. The monoisotopic (exact) mass is 244 g/mol. The van der Waals surface area contributed by atoms with Gasteiger partial charge in [0.05, 0.1) is 19.6 Å². The van der Waals surface area contributed by atoms with Gasteiger partial charge in [-0.25, -0.2) is 0 Å². The molecule has 1 fully saturated rings. The van der Waals surface area contributed by atoms with Crippen molar-refractivity contribution in [1.29, 1.82) is 0 Å². The Morgan fingerprint density at radius 3 is 2.65 bits per heavy atom. The number of amides is 1. The van der Waals surface area contributed by atoms with Crippen LogP contribution in [0, 0.1) is 0 Å². The normalized spacial score (nSPS) is 17.8. The lowest BCUT2D eigenvalue weighted by atomic mass is 10.3. The fourth-order valence-electron chi connectivity index (χ4n) is 1.92. The zero-order valence-electron chi connectivity index (χ0n) is 10.2. The van der Waals surface area contributed by atoms with Gasteiger partial charge in [-0.3, -0.25) is 14.5 Å². The van der Waals surface area contributed by atoms with E-state index < -0.39 is 5.97 Å². The van der Waals surface area contributed by atoms with Gasteiger partial charge in [-0.2, -0.15) is 0 Å². The van der Waals surface area contributed by atoms with Crippen molar-refractivity contribution in [2.45, 2.75) is 12.8 Å². The summed E-state index contributed by atoms with van der Waals surface area (Å²) in [6.45, 7) is 3.17. The van der Waals surface area contributed by atoms with Gasteiger partial charge in [-0.15, -0.1) is 0 Å². The van der Waals surface area contributed by atoms with E-state index >= 15 is 0 Å². The summed E-state index contributed by atoms with van der Waals surface area (Å²) in [6, 6.07) is 0. The Kier molecular flexibility index (Phi) is 5.93. The molecule has 98 valence electrons. The minimum Gasteiger partial charge on any atom is -0.480 e. The summed E-state index contributed by atoms with van der Waals surface area (Å²) in [4.78, 5) is 26.0. The maximum atomic E-state index is 11.7. The van der Waals surface area contributed by atoms with Crippen molar-refractivity contribution in [2.75, 3.05) is 46.4 Å². The molecule has 1 aliphatic heterocycles. The van der Waals surface area contributed by atoms with Gasteiger partial charge in [-0.05, 0) is 6.42 Å². The topological polar surface area (TPSA) is 70.1 Å². The Labute approximate surface area is 101 Å². The number of hydrogen-bond donors (Lipinski definition) is 1. The van der Waals surface area contributed by atoms with E-state index in [0.29, 0.717) is 32.7 Å². The van der Waals surface area contributed by atoms with Crippen LogP contribution in [0.1, 0.15) is 12.8 Å². The summed E-state index contributed by atoms with van der Waals surface area (Å²) in [5.41, 5.74) is 0. The molecule has 0 unspecified atom stereocenters. The number of carboxylic acids is 1. The van der Waals surface area contributed by atoms with E-state index in [0.717, 1.165) is 13.0 Å². The van der Waals surface area contributed by atoms with Crippen molar-refractivity contribution in [3.63, 3.8) is 0 Å². The average Bonchev–Trinajstić information content (AvgIpc) is 2.51. The number of carbonyl (C=O) groups excluding carboxylic acids is 1. The summed E-state index contributed by atoms with van der Waals surface area (Å²) >= 11 is 0. The summed E-state index contributed by atoms with van der Waals surface area (Å²) in [5, 5.41) is 8.71. The molecule has 1 saturated heterocycles. The van der Waals surface area contributed by atoms with Gasteiger partial charge in [0.15, 0.2) is 0 Å². The molecule has 0 bridgehead atoms. The quantitative estimate of drug-likeness (QED) is 0.715. The Morgan fingerprint density at radius 2 is 2.00 bits per heavy atom. The molecule has 1 amide bonds. The molecular weight excluding hydrogens is 224 g/mol. The lowest BCUT2D eigenvalue weighted by molar-refractivity contribution is -0.138. The summed E-state index contributed by atoms with van der Waals surface area (Å²) < 4.78 is 4.87. The Bertz CT molecular complexity index is 270. The van der Waals surface area contributed by atoms with Crippen molar-refractivity contribution in [2.24, 2.45) is 0 Å². The lowest BCUT2D eigenvalue weighted by Crippen LogP contribution is -2.37. The minimum atomic E-state index is -0.816. The van der Waals surface area contributed by atoms with Crippen LogP contribution >= 0.6 is 0 Å². The van der Waals surface area contributed by atoms with E-state index in [-0.39, 0.29) is 12.5 Å². The van der Waals surface area contributed by atoms with Gasteiger partial charge in [0.2, 0.25) is 5.91 Å². The second kappa shape index (κ2) is 7.24. The van der Waals surface area contributed by atoms with Gasteiger partial charge in [0.25, 0.3) is 0 Å². The molecule has 0 saturated carbocycles. The first-order valence-electron chi connectivity index (χ1n) is 5.84.